The van der Waals surface area contributed by atoms with E-state index in [-0.39, 0.29) is 12.4 Å². The molecule has 0 spiro atoms. The van der Waals surface area contributed by atoms with Crippen LogP contribution in [0.2, 0.25) is 0 Å². The van der Waals surface area contributed by atoms with Crippen molar-refractivity contribution in [2.45, 2.75) is 33.0 Å². The minimum Gasteiger partial charge on any atom is -0.479 e. The van der Waals surface area contributed by atoms with Crippen molar-refractivity contribution in [2.75, 3.05) is 6.61 Å². The maximum atomic E-state index is 13.1. The van der Waals surface area contributed by atoms with Gasteiger partial charge in [-0.05, 0) is 39.0 Å². The van der Waals surface area contributed by atoms with Crippen molar-refractivity contribution in [1.29, 1.82) is 0 Å². The smallest absolute Gasteiger partial charge is 0.347 e. The first kappa shape index (κ1) is 14.4. The normalized spacial score (nSPS) is 13.8. The average Bonchev–Trinajstić information content (AvgIpc) is 2.31. The number of aliphatic hydroxyl groups is 1. The van der Waals surface area contributed by atoms with Crippen LogP contribution in [0.4, 0.5) is 4.39 Å². The molecule has 0 aliphatic carbocycles. The van der Waals surface area contributed by atoms with Crippen molar-refractivity contribution >= 4 is 5.97 Å². The zero-order valence-corrected chi connectivity index (χ0v) is 10.6. The number of ether oxygens (including phenoxy) is 2. The molecule has 1 aromatic carbocycles. The largest absolute Gasteiger partial charge is 0.479 e. The summed E-state index contributed by atoms with van der Waals surface area (Å²) >= 11 is 0. The van der Waals surface area contributed by atoms with Gasteiger partial charge in [-0.15, -0.1) is 0 Å². The zero-order valence-electron chi connectivity index (χ0n) is 10.6. The fraction of sp³-hybridized carbons (Fsp3) is 0.462. The lowest BCUT2D eigenvalue weighted by Gasteiger charge is -2.17. The van der Waals surface area contributed by atoms with Gasteiger partial charge in [0.15, 0.2) is 6.10 Å². The van der Waals surface area contributed by atoms with Crippen LogP contribution in [0.15, 0.2) is 18.2 Å². The van der Waals surface area contributed by atoms with Crippen LogP contribution in [0, 0.1) is 5.82 Å². The molecule has 100 valence electrons. The number of esters is 1. The summed E-state index contributed by atoms with van der Waals surface area (Å²) in [7, 11) is 0. The lowest BCUT2D eigenvalue weighted by atomic mass is 10.1. The van der Waals surface area contributed by atoms with Crippen molar-refractivity contribution < 1.29 is 23.8 Å². The first-order valence-electron chi connectivity index (χ1n) is 5.76. The third-order valence-corrected chi connectivity index (χ3v) is 2.34. The third kappa shape index (κ3) is 3.70. The van der Waals surface area contributed by atoms with E-state index >= 15 is 0 Å². The predicted molar refractivity (Wildman–Crippen MR) is 63.8 cm³/mol. The van der Waals surface area contributed by atoms with Crippen molar-refractivity contribution in [3.63, 3.8) is 0 Å². The molecule has 1 aromatic rings. The van der Waals surface area contributed by atoms with Gasteiger partial charge in [0, 0.05) is 5.56 Å². The van der Waals surface area contributed by atoms with Crippen molar-refractivity contribution in [3.8, 4) is 5.75 Å². The second kappa shape index (κ2) is 6.35. The number of hydrogen-bond acceptors (Lipinski definition) is 4. The highest BCUT2D eigenvalue weighted by atomic mass is 19.1. The van der Waals surface area contributed by atoms with Crippen molar-refractivity contribution in [2.24, 2.45) is 0 Å². The molecule has 0 radical (unpaired) electrons. The van der Waals surface area contributed by atoms with E-state index in [2.05, 4.69) is 0 Å². The molecule has 0 aliphatic rings. The van der Waals surface area contributed by atoms with Crippen LogP contribution in [0.25, 0.3) is 0 Å². The molecule has 0 fully saturated rings. The summed E-state index contributed by atoms with van der Waals surface area (Å²) in [4.78, 5) is 11.4. The highest BCUT2D eigenvalue weighted by Crippen LogP contribution is 2.26. The van der Waals surface area contributed by atoms with Gasteiger partial charge in [-0.2, -0.15) is 0 Å². The van der Waals surface area contributed by atoms with E-state index in [4.69, 9.17) is 9.47 Å². The summed E-state index contributed by atoms with van der Waals surface area (Å²) in [5.41, 5.74) is 0.297. The van der Waals surface area contributed by atoms with Crippen molar-refractivity contribution in [1.82, 2.24) is 0 Å². The van der Waals surface area contributed by atoms with Gasteiger partial charge in [0.05, 0.1) is 12.7 Å². The Hall–Kier alpha value is -1.62. The molecule has 1 N–H and O–H groups in total. The van der Waals surface area contributed by atoms with Crippen LogP contribution in [0.1, 0.15) is 32.4 Å². The maximum absolute atomic E-state index is 13.1. The van der Waals surface area contributed by atoms with E-state index in [0.717, 1.165) is 0 Å². The van der Waals surface area contributed by atoms with E-state index in [0.29, 0.717) is 5.56 Å². The molecule has 0 amide bonds. The SMILES string of the molecule is CCOC(=O)C(C)Oc1ccc(F)cc1C(C)O. The van der Waals surface area contributed by atoms with Gasteiger partial charge in [-0.1, -0.05) is 0 Å². The fourth-order valence-electron chi connectivity index (χ4n) is 1.45. The Balaban J connectivity index is 2.87. The molecule has 0 saturated heterocycles. The van der Waals surface area contributed by atoms with E-state index in [1.54, 1.807) is 6.92 Å². The van der Waals surface area contributed by atoms with Crippen LogP contribution in [-0.4, -0.2) is 23.8 Å². The molecule has 2 unspecified atom stereocenters. The Morgan fingerprint density at radius 1 is 1.44 bits per heavy atom. The lowest BCUT2D eigenvalue weighted by molar-refractivity contribution is -0.150. The van der Waals surface area contributed by atoms with Crippen molar-refractivity contribution in [3.05, 3.63) is 29.6 Å². The number of carbonyl (C=O) groups is 1. The van der Waals surface area contributed by atoms with E-state index in [9.17, 15) is 14.3 Å². The van der Waals surface area contributed by atoms with Crippen LogP contribution in [-0.2, 0) is 9.53 Å². The average molecular weight is 256 g/mol. The highest BCUT2D eigenvalue weighted by Gasteiger charge is 2.19. The minimum absolute atomic E-state index is 0.263. The Morgan fingerprint density at radius 3 is 2.67 bits per heavy atom. The molecule has 0 aliphatic heterocycles. The number of hydrogen-bond donors (Lipinski definition) is 1. The number of aliphatic hydroxyl groups excluding tert-OH is 1. The zero-order chi connectivity index (χ0) is 13.7. The molecule has 0 aromatic heterocycles. The molecule has 2 atom stereocenters. The summed E-state index contributed by atoms with van der Waals surface area (Å²) in [5.74, 6) is -0.702. The highest BCUT2D eigenvalue weighted by molar-refractivity contribution is 5.74. The molecule has 0 heterocycles. The quantitative estimate of drug-likeness (QED) is 0.821. The van der Waals surface area contributed by atoms with E-state index in [1.165, 1.54) is 32.0 Å². The molecular formula is C13H17FO4. The molecule has 0 bridgehead atoms. The Labute approximate surface area is 105 Å². The Morgan fingerprint density at radius 2 is 2.11 bits per heavy atom. The number of benzene rings is 1. The lowest BCUT2D eigenvalue weighted by Crippen LogP contribution is -2.26. The monoisotopic (exact) mass is 256 g/mol. The molecule has 4 nitrogen and oxygen atoms in total. The van der Waals surface area contributed by atoms with Gasteiger partial charge in [0.2, 0.25) is 0 Å². The fourth-order valence-corrected chi connectivity index (χ4v) is 1.45. The molecule has 1 rings (SSSR count). The van der Waals surface area contributed by atoms with Crippen LogP contribution in [0.5, 0.6) is 5.75 Å². The van der Waals surface area contributed by atoms with Gasteiger partial charge in [-0.3, -0.25) is 0 Å². The molecule has 18 heavy (non-hydrogen) atoms. The predicted octanol–water partition coefficient (Wildman–Crippen LogP) is 2.21. The molecule has 0 saturated carbocycles. The van der Waals surface area contributed by atoms with Crippen LogP contribution < -0.4 is 4.74 Å². The summed E-state index contributed by atoms with van der Waals surface area (Å²) in [6.45, 7) is 4.99. The number of rotatable bonds is 5. The maximum Gasteiger partial charge on any atom is 0.347 e. The first-order valence-corrected chi connectivity index (χ1v) is 5.76. The second-order valence-corrected chi connectivity index (χ2v) is 3.87. The number of halogens is 1. The summed E-state index contributed by atoms with van der Waals surface area (Å²) in [6.07, 6.45) is -1.70. The Bertz CT molecular complexity index is 417. The topological polar surface area (TPSA) is 55.8 Å². The van der Waals surface area contributed by atoms with Gasteiger partial charge in [0.1, 0.15) is 11.6 Å². The van der Waals surface area contributed by atoms with E-state index < -0.39 is 24.0 Å². The van der Waals surface area contributed by atoms with Crippen LogP contribution >= 0.6 is 0 Å². The van der Waals surface area contributed by atoms with Gasteiger partial charge in [0.25, 0.3) is 0 Å². The molecule has 5 heteroatoms. The second-order valence-electron chi connectivity index (χ2n) is 3.87. The summed E-state index contributed by atoms with van der Waals surface area (Å²) in [5, 5.41) is 9.52. The third-order valence-electron chi connectivity index (χ3n) is 2.34. The summed E-state index contributed by atoms with van der Waals surface area (Å²) < 4.78 is 23.2. The van der Waals surface area contributed by atoms with Gasteiger partial charge < -0.3 is 14.6 Å². The first-order chi connectivity index (χ1) is 8.45. The Kier molecular flexibility index (Phi) is 5.09. The van der Waals surface area contributed by atoms with Gasteiger partial charge >= 0.3 is 5.97 Å². The minimum atomic E-state index is -0.884. The van der Waals surface area contributed by atoms with Gasteiger partial charge in [-0.25, -0.2) is 9.18 Å². The van der Waals surface area contributed by atoms with Crippen LogP contribution in [0.3, 0.4) is 0 Å². The van der Waals surface area contributed by atoms with E-state index in [1.807, 2.05) is 0 Å². The summed E-state index contributed by atoms with van der Waals surface area (Å²) in [6, 6.07) is 3.77. The number of carbonyl (C=O) groups excluding carboxylic acids is 1. The molecular weight excluding hydrogens is 239 g/mol. The standard InChI is InChI=1S/C13H17FO4/c1-4-17-13(16)9(3)18-12-6-5-10(14)7-11(12)8(2)15/h5-9,15H,4H2,1-3H3.